The van der Waals surface area contributed by atoms with Crippen LogP contribution in [0, 0.1) is 5.92 Å². The highest BCUT2D eigenvalue weighted by molar-refractivity contribution is 5.85. The van der Waals surface area contributed by atoms with E-state index in [4.69, 9.17) is 5.73 Å². The maximum Gasteiger partial charge on any atom is 0.239 e. The predicted molar refractivity (Wildman–Crippen MR) is 78.5 cm³/mol. The van der Waals surface area contributed by atoms with Gasteiger partial charge < -0.3 is 15.5 Å². The van der Waals surface area contributed by atoms with Gasteiger partial charge in [-0.3, -0.25) is 4.79 Å². The second-order valence-corrected chi connectivity index (χ2v) is 5.24. The first-order valence-electron chi connectivity index (χ1n) is 6.43. The van der Waals surface area contributed by atoms with Crippen molar-refractivity contribution in [2.45, 2.75) is 32.2 Å². The lowest BCUT2D eigenvalue weighted by atomic mass is 10.1. The Bertz CT molecular complexity index is 258. The van der Waals surface area contributed by atoms with E-state index in [1.807, 2.05) is 4.90 Å². The SMILES string of the molecule is C[C@@H](N)C(=O)N1CCC(CN2CCCC2)C1.Cl.Cl. The van der Waals surface area contributed by atoms with Gasteiger partial charge in [0.1, 0.15) is 0 Å². The number of hydrogen-bond acceptors (Lipinski definition) is 3. The van der Waals surface area contributed by atoms with E-state index in [0.29, 0.717) is 5.92 Å². The highest BCUT2D eigenvalue weighted by atomic mass is 35.5. The molecule has 2 saturated heterocycles. The summed E-state index contributed by atoms with van der Waals surface area (Å²) in [5.74, 6) is 0.782. The summed E-state index contributed by atoms with van der Waals surface area (Å²) in [7, 11) is 0. The van der Waals surface area contributed by atoms with Gasteiger partial charge in [0.2, 0.25) is 5.91 Å². The molecule has 0 aromatic carbocycles. The molecule has 2 atom stereocenters. The van der Waals surface area contributed by atoms with Crippen LogP contribution in [0.3, 0.4) is 0 Å². The summed E-state index contributed by atoms with van der Waals surface area (Å²) in [6.07, 6.45) is 3.83. The van der Waals surface area contributed by atoms with Crippen molar-refractivity contribution in [3.05, 3.63) is 0 Å². The molecule has 0 bridgehead atoms. The highest BCUT2D eigenvalue weighted by Gasteiger charge is 2.29. The van der Waals surface area contributed by atoms with Gasteiger partial charge in [0.15, 0.2) is 0 Å². The van der Waals surface area contributed by atoms with E-state index in [2.05, 4.69) is 4.90 Å². The van der Waals surface area contributed by atoms with E-state index in [-0.39, 0.29) is 36.8 Å². The van der Waals surface area contributed by atoms with E-state index in [1.165, 1.54) is 32.5 Å². The van der Waals surface area contributed by atoms with Crippen molar-refractivity contribution in [1.82, 2.24) is 9.80 Å². The molecule has 0 saturated carbocycles. The smallest absolute Gasteiger partial charge is 0.239 e. The van der Waals surface area contributed by atoms with Crippen LogP contribution < -0.4 is 5.73 Å². The van der Waals surface area contributed by atoms with Gasteiger partial charge in [0.25, 0.3) is 0 Å². The first-order valence-corrected chi connectivity index (χ1v) is 6.43. The molecule has 6 heteroatoms. The van der Waals surface area contributed by atoms with Crippen LogP contribution in [0.1, 0.15) is 26.2 Å². The summed E-state index contributed by atoms with van der Waals surface area (Å²) in [5.41, 5.74) is 5.62. The lowest BCUT2D eigenvalue weighted by Crippen LogP contribution is -2.41. The molecule has 1 amide bonds. The van der Waals surface area contributed by atoms with E-state index >= 15 is 0 Å². The van der Waals surface area contributed by atoms with Crippen molar-refractivity contribution >= 4 is 30.7 Å². The summed E-state index contributed by atoms with van der Waals surface area (Å²) >= 11 is 0. The fourth-order valence-electron chi connectivity index (χ4n) is 2.80. The Balaban J connectivity index is 0.00000144. The van der Waals surface area contributed by atoms with Crippen LogP contribution in [0.25, 0.3) is 0 Å². The molecule has 0 aromatic rings. The normalized spacial score (nSPS) is 25.4. The Morgan fingerprint density at radius 2 is 1.89 bits per heavy atom. The van der Waals surface area contributed by atoms with E-state index in [1.54, 1.807) is 6.92 Å². The van der Waals surface area contributed by atoms with Gasteiger partial charge in [-0.05, 0) is 45.2 Å². The number of amides is 1. The number of nitrogens with zero attached hydrogens (tertiary/aromatic N) is 2. The van der Waals surface area contributed by atoms with Crippen LogP contribution in [0.4, 0.5) is 0 Å². The summed E-state index contributed by atoms with van der Waals surface area (Å²) in [4.78, 5) is 16.2. The van der Waals surface area contributed by atoms with E-state index in [9.17, 15) is 4.79 Å². The fourth-order valence-corrected chi connectivity index (χ4v) is 2.80. The molecule has 2 rings (SSSR count). The second-order valence-electron chi connectivity index (χ2n) is 5.24. The summed E-state index contributed by atoms with van der Waals surface area (Å²) < 4.78 is 0. The molecule has 2 fully saturated rings. The standard InChI is InChI=1S/C12H23N3O.2ClH/c1-10(13)12(16)15-7-4-11(9-15)8-14-5-2-3-6-14;;/h10-11H,2-9,13H2,1H3;2*1H/t10-,11?;;/m1../s1. The Hall–Kier alpha value is -0.0300. The van der Waals surface area contributed by atoms with Crippen molar-refractivity contribution in [2.75, 3.05) is 32.7 Å². The zero-order valence-electron chi connectivity index (χ0n) is 11.0. The second kappa shape index (κ2) is 8.20. The molecule has 2 aliphatic rings. The first-order chi connectivity index (χ1) is 7.66. The van der Waals surface area contributed by atoms with Crippen molar-refractivity contribution < 1.29 is 4.79 Å². The maximum atomic E-state index is 11.7. The molecular weight excluding hydrogens is 273 g/mol. The third kappa shape index (κ3) is 4.57. The zero-order valence-corrected chi connectivity index (χ0v) is 12.6. The van der Waals surface area contributed by atoms with Crippen LogP contribution in [0.15, 0.2) is 0 Å². The Kier molecular flexibility index (Phi) is 8.19. The van der Waals surface area contributed by atoms with Gasteiger partial charge in [0, 0.05) is 19.6 Å². The number of likely N-dealkylation sites (tertiary alicyclic amines) is 2. The molecular formula is C12H25Cl2N3O. The van der Waals surface area contributed by atoms with E-state index < -0.39 is 0 Å². The Labute approximate surface area is 122 Å². The number of carbonyl (C=O) groups is 1. The van der Waals surface area contributed by atoms with Crippen LogP contribution in [0.2, 0.25) is 0 Å². The summed E-state index contributed by atoms with van der Waals surface area (Å²) in [5, 5.41) is 0. The molecule has 18 heavy (non-hydrogen) atoms. The minimum Gasteiger partial charge on any atom is -0.341 e. The zero-order chi connectivity index (χ0) is 11.5. The summed E-state index contributed by atoms with van der Waals surface area (Å²) in [6, 6.07) is -0.342. The van der Waals surface area contributed by atoms with Gasteiger partial charge in [0.05, 0.1) is 6.04 Å². The number of nitrogens with two attached hydrogens (primary N) is 1. The minimum atomic E-state index is -0.342. The van der Waals surface area contributed by atoms with Crippen molar-refractivity contribution in [2.24, 2.45) is 11.7 Å². The topological polar surface area (TPSA) is 49.6 Å². The molecule has 0 radical (unpaired) electrons. The monoisotopic (exact) mass is 297 g/mol. The van der Waals surface area contributed by atoms with Crippen LogP contribution in [-0.4, -0.2) is 54.5 Å². The quantitative estimate of drug-likeness (QED) is 0.849. The van der Waals surface area contributed by atoms with Crippen molar-refractivity contribution in [1.29, 1.82) is 0 Å². The predicted octanol–water partition coefficient (Wildman–Crippen LogP) is 1.12. The number of hydrogen-bond donors (Lipinski definition) is 1. The average molecular weight is 298 g/mol. The molecule has 2 heterocycles. The fraction of sp³-hybridized carbons (Fsp3) is 0.917. The van der Waals surface area contributed by atoms with Crippen LogP contribution in [-0.2, 0) is 4.79 Å². The number of carbonyl (C=O) groups excluding carboxylic acids is 1. The number of halogens is 2. The average Bonchev–Trinajstić information content (AvgIpc) is 2.88. The highest BCUT2D eigenvalue weighted by Crippen LogP contribution is 2.20. The lowest BCUT2D eigenvalue weighted by molar-refractivity contribution is -0.131. The van der Waals surface area contributed by atoms with Gasteiger partial charge in [-0.1, -0.05) is 0 Å². The van der Waals surface area contributed by atoms with Crippen LogP contribution >= 0.6 is 24.8 Å². The molecule has 1 unspecified atom stereocenters. The molecule has 2 aliphatic heterocycles. The Morgan fingerprint density at radius 1 is 1.28 bits per heavy atom. The largest absolute Gasteiger partial charge is 0.341 e. The summed E-state index contributed by atoms with van der Waals surface area (Å²) in [6.45, 7) is 7.25. The van der Waals surface area contributed by atoms with Gasteiger partial charge in [-0.2, -0.15) is 0 Å². The molecule has 0 spiro atoms. The lowest BCUT2D eigenvalue weighted by Gasteiger charge is -2.21. The molecule has 4 nitrogen and oxygen atoms in total. The number of rotatable bonds is 3. The minimum absolute atomic E-state index is 0. The Morgan fingerprint density at radius 3 is 2.44 bits per heavy atom. The van der Waals surface area contributed by atoms with Gasteiger partial charge in [-0.15, -0.1) is 24.8 Å². The maximum absolute atomic E-state index is 11.7. The van der Waals surface area contributed by atoms with E-state index in [0.717, 1.165) is 19.5 Å². The third-order valence-electron chi connectivity index (χ3n) is 3.70. The molecule has 0 aliphatic carbocycles. The molecule has 0 aromatic heterocycles. The molecule has 108 valence electrons. The van der Waals surface area contributed by atoms with Gasteiger partial charge in [-0.25, -0.2) is 0 Å². The van der Waals surface area contributed by atoms with Crippen molar-refractivity contribution in [3.63, 3.8) is 0 Å². The first kappa shape index (κ1) is 18.0. The van der Waals surface area contributed by atoms with Crippen molar-refractivity contribution in [3.8, 4) is 0 Å². The van der Waals surface area contributed by atoms with Crippen LogP contribution in [0.5, 0.6) is 0 Å². The van der Waals surface area contributed by atoms with Gasteiger partial charge >= 0.3 is 0 Å². The molecule has 2 N–H and O–H groups in total. The third-order valence-corrected chi connectivity index (χ3v) is 3.70.